The first-order valence-electron chi connectivity index (χ1n) is 10.6. The van der Waals surface area contributed by atoms with Gasteiger partial charge < -0.3 is 24.3 Å². The number of benzene rings is 2. The van der Waals surface area contributed by atoms with E-state index in [1.54, 1.807) is 24.3 Å². The lowest BCUT2D eigenvalue weighted by Crippen LogP contribution is -2.35. The van der Waals surface area contributed by atoms with Crippen molar-refractivity contribution in [2.45, 2.75) is 6.54 Å². The van der Waals surface area contributed by atoms with Gasteiger partial charge in [-0.3, -0.25) is 4.90 Å². The fourth-order valence-electron chi connectivity index (χ4n) is 3.65. The Morgan fingerprint density at radius 3 is 2.76 bits per heavy atom. The number of carbonyl (C=O) groups is 1. The summed E-state index contributed by atoms with van der Waals surface area (Å²) in [6.45, 7) is 4.14. The molecule has 0 atom stereocenters. The van der Waals surface area contributed by atoms with Gasteiger partial charge in [0, 0.05) is 43.7 Å². The summed E-state index contributed by atoms with van der Waals surface area (Å²) in [6.07, 6.45) is 1.39. The maximum atomic E-state index is 11.1. The van der Waals surface area contributed by atoms with Crippen molar-refractivity contribution in [3.63, 3.8) is 0 Å². The number of nitrogens with one attached hydrogen (secondary N) is 1. The third kappa shape index (κ3) is 4.94. The van der Waals surface area contributed by atoms with Gasteiger partial charge in [0.05, 0.1) is 13.2 Å². The molecule has 0 bridgehead atoms. The van der Waals surface area contributed by atoms with E-state index in [1.807, 2.05) is 18.2 Å². The molecule has 0 amide bonds. The quantitative estimate of drug-likeness (QED) is 0.429. The molecule has 3 heterocycles. The molecule has 0 aliphatic carbocycles. The van der Waals surface area contributed by atoms with E-state index in [0.29, 0.717) is 28.6 Å². The van der Waals surface area contributed by atoms with Gasteiger partial charge in [-0.1, -0.05) is 18.2 Å². The molecule has 9 nitrogen and oxygen atoms in total. The molecule has 1 saturated heterocycles. The number of oxazole rings is 1. The third-order valence-electron chi connectivity index (χ3n) is 5.30. The Kier molecular flexibility index (Phi) is 5.88. The largest absolute Gasteiger partial charge is 0.477 e. The fraction of sp³-hybridized carbons (Fsp3) is 0.208. The molecule has 1 aliphatic rings. The highest BCUT2D eigenvalue weighted by Crippen LogP contribution is 2.29. The third-order valence-corrected chi connectivity index (χ3v) is 5.30. The lowest BCUT2D eigenvalue weighted by molar-refractivity contribution is 0.0343. The number of carboxylic acids is 1. The lowest BCUT2D eigenvalue weighted by atomic mass is 10.1. The van der Waals surface area contributed by atoms with Gasteiger partial charge in [0.15, 0.2) is 11.3 Å². The molecule has 4 aromatic rings. The highest BCUT2D eigenvalue weighted by Gasteiger charge is 2.15. The van der Waals surface area contributed by atoms with E-state index in [1.165, 1.54) is 12.3 Å². The zero-order chi connectivity index (χ0) is 22.6. The van der Waals surface area contributed by atoms with E-state index in [4.69, 9.17) is 19.0 Å². The number of anilines is 2. The van der Waals surface area contributed by atoms with Crippen molar-refractivity contribution in [2.75, 3.05) is 31.6 Å². The summed E-state index contributed by atoms with van der Waals surface area (Å²) in [7, 11) is 0. The van der Waals surface area contributed by atoms with Crippen LogP contribution in [0.25, 0.3) is 11.1 Å². The Bertz CT molecular complexity index is 1280. The second kappa shape index (κ2) is 9.27. The molecule has 2 aromatic heterocycles. The van der Waals surface area contributed by atoms with Gasteiger partial charge in [-0.2, -0.15) is 4.98 Å². The van der Waals surface area contributed by atoms with Gasteiger partial charge in [-0.05, 0) is 29.8 Å². The number of aromatic nitrogens is 2. The number of rotatable bonds is 7. The average molecular weight is 446 g/mol. The van der Waals surface area contributed by atoms with Gasteiger partial charge in [-0.25, -0.2) is 9.78 Å². The number of aromatic carboxylic acids is 1. The molecule has 0 saturated carbocycles. The maximum absolute atomic E-state index is 11.1. The van der Waals surface area contributed by atoms with Crippen LogP contribution in [0.3, 0.4) is 0 Å². The number of pyridine rings is 1. The van der Waals surface area contributed by atoms with Gasteiger partial charge in [0.25, 0.3) is 6.01 Å². The van der Waals surface area contributed by atoms with Crippen molar-refractivity contribution in [2.24, 2.45) is 0 Å². The van der Waals surface area contributed by atoms with Gasteiger partial charge >= 0.3 is 5.97 Å². The molecule has 0 radical (unpaired) electrons. The Morgan fingerprint density at radius 2 is 1.91 bits per heavy atom. The number of ether oxygens (including phenoxy) is 2. The van der Waals surface area contributed by atoms with Gasteiger partial charge in [-0.15, -0.1) is 0 Å². The minimum atomic E-state index is -1.12. The summed E-state index contributed by atoms with van der Waals surface area (Å²) in [5.41, 5.74) is 3.22. The van der Waals surface area contributed by atoms with Crippen LogP contribution in [0.5, 0.6) is 11.5 Å². The molecule has 33 heavy (non-hydrogen) atoms. The van der Waals surface area contributed by atoms with Crippen molar-refractivity contribution in [3.8, 4) is 11.5 Å². The second-order valence-electron chi connectivity index (χ2n) is 7.60. The molecule has 5 rings (SSSR count). The van der Waals surface area contributed by atoms with Gasteiger partial charge in [0.1, 0.15) is 17.0 Å². The number of nitrogens with zero attached hydrogens (tertiary/aromatic N) is 3. The van der Waals surface area contributed by atoms with E-state index >= 15 is 0 Å². The molecule has 2 N–H and O–H groups in total. The van der Waals surface area contributed by atoms with Crippen LogP contribution in [-0.4, -0.2) is 52.2 Å². The molecule has 9 heteroatoms. The normalized spacial score (nSPS) is 14.3. The van der Waals surface area contributed by atoms with Crippen LogP contribution in [0, 0.1) is 0 Å². The first-order chi connectivity index (χ1) is 16.1. The Balaban J connectivity index is 1.33. The Labute approximate surface area is 189 Å². The summed E-state index contributed by atoms with van der Waals surface area (Å²) in [4.78, 5) is 21.8. The fourth-order valence-corrected chi connectivity index (χ4v) is 3.65. The molecule has 0 spiro atoms. The van der Waals surface area contributed by atoms with Crippen LogP contribution < -0.4 is 10.1 Å². The second-order valence-corrected chi connectivity index (χ2v) is 7.60. The van der Waals surface area contributed by atoms with E-state index in [9.17, 15) is 4.79 Å². The minimum absolute atomic E-state index is 0.0875. The Hall–Kier alpha value is -3.95. The monoisotopic (exact) mass is 446 g/mol. The van der Waals surface area contributed by atoms with Crippen LogP contribution in [-0.2, 0) is 11.3 Å². The smallest absolute Gasteiger partial charge is 0.354 e. The maximum Gasteiger partial charge on any atom is 0.354 e. The predicted octanol–water partition coefficient (Wildman–Crippen LogP) is 4.29. The van der Waals surface area contributed by atoms with E-state index in [-0.39, 0.29) is 5.69 Å². The van der Waals surface area contributed by atoms with Crippen LogP contribution in [0.15, 0.2) is 65.2 Å². The van der Waals surface area contributed by atoms with E-state index in [2.05, 4.69) is 26.3 Å². The predicted molar refractivity (Wildman–Crippen MR) is 121 cm³/mol. The van der Waals surface area contributed by atoms with Crippen molar-refractivity contribution in [1.29, 1.82) is 0 Å². The highest BCUT2D eigenvalue weighted by molar-refractivity contribution is 5.85. The minimum Gasteiger partial charge on any atom is -0.477 e. The summed E-state index contributed by atoms with van der Waals surface area (Å²) < 4.78 is 17.1. The SMILES string of the molecule is O=C(O)c1cc(Oc2ccc3nc(Nc4ccccc4CN4CCOCC4)oc3c2)ccn1. The molecular formula is C24H22N4O5. The number of hydrogen-bond donors (Lipinski definition) is 2. The number of morpholine rings is 1. The lowest BCUT2D eigenvalue weighted by Gasteiger charge is -2.27. The van der Waals surface area contributed by atoms with Crippen LogP contribution in [0.1, 0.15) is 16.1 Å². The topological polar surface area (TPSA) is 110 Å². The summed E-state index contributed by atoms with van der Waals surface area (Å²) in [6, 6.07) is 16.7. The van der Waals surface area contributed by atoms with E-state index < -0.39 is 5.97 Å². The summed E-state index contributed by atoms with van der Waals surface area (Å²) in [5.74, 6) is -0.243. The summed E-state index contributed by atoms with van der Waals surface area (Å²) in [5, 5.41) is 12.4. The molecule has 1 aliphatic heterocycles. The van der Waals surface area contributed by atoms with Crippen molar-refractivity contribution in [3.05, 3.63) is 72.1 Å². The molecule has 2 aromatic carbocycles. The Morgan fingerprint density at radius 1 is 1.09 bits per heavy atom. The number of hydrogen-bond acceptors (Lipinski definition) is 8. The molecule has 168 valence electrons. The molecule has 0 unspecified atom stereocenters. The zero-order valence-electron chi connectivity index (χ0n) is 17.7. The number of fused-ring (bicyclic) bond motifs is 1. The van der Waals surface area contributed by atoms with Gasteiger partial charge in [0.2, 0.25) is 0 Å². The van der Waals surface area contributed by atoms with Crippen LogP contribution in [0.4, 0.5) is 11.7 Å². The van der Waals surface area contributed by atoms with Crippen LogP contribution >= 0.6 is 0 Å². The first-order valence-corrected chi connectivity index (χ1v) is 10.6. The molecular weight excluding hydrogens is 424 g/mol. The van der Waals surface area contributed by atoms with Crippen molar-refractivity contribution >= 4 is 28.8 Å². The average Bonchev–Trinajstić information content (AvgIpc) is 3.23. The zero-order valence-corrected chi connectivity index (χ0v) is 17.7. The first kappa shape index (κ1) is 20.9. The van der Waals surface area contributed by atoms with E-state index in [0.717, 1.165) is 44.1 Å². The highest BCUT2D eigenvalue weighted by atomic mass is 16.5. The number of para-hydroxylation sites is 1. The van der Waals surface area contributed by atoms with Crippen molar-refractivity contribution < 1.29 is 23.8 Å². The standard InChI is InChI=1S/C24H22N4O5/c29-23(30)21-13-18(7-8-25-21)32-17-5-6-20-22(14-17)33-24(27-20)26-19-4-2-1-3-16(19)15-28-9-11-31-12-10-28/h1-8,13-14H,9-12,15H2,(H,26,27)(H,29,30). The number of carboxylic acid groups (broad SMARTS) is 1. The molecule has 1 fully saturated rings. The van der Waals surface area contributed by atoms with Crippen molar-refractivity contribution in [1.82, 2.24) is 14.9 Å². The summed E-state index contributed by atoms with van der Waals surface area (Å²) >= 11 is 0. The van der Waals surface area contributed by atoms with Crippen LogP contribution in [0.2, 0.25) is 0 Å².